The van der Waals surface area contributed by atoms with Crippen LogP contribution in [-0.2, 0) is 14.4 Å². The summed E-state index contributed by atoms with van der Waals surface area (Å²) < 4.78 is 4.86. The number of carbonyl (C=O) groups is 1. The highest BCUT2D eigenvalue weighted by molar-refractivity contribution is 6.02. The third-order valence-corrected chi connectivity index (χ3v) is 2.05. The molecule has 0 aliphatic carbocycles. The summed E-state index contributed by atoms with van der Waals surface area (Å²) in [6.45, 7) is 2.25. The van der Waals surface area contributed by atoms with E-state index in [0.29, 0.717) is 6.61 Å². The Hall–Kier alpha value is -1.06. The highest BCUT2D eigenvalue weighted by atomic mass is 16.7. The molecule has 0 unspecified atom stereocenters. The van der Waals surface area contributed by atoms with Gasteiger partial charge in [-0.2, -0.15) is 0 Å². The monoisotopic (exact) mass is 155 g/mol. The van der Waals surface area contributed by atoms with Crippen LogP contribution in [0.3, 0.4) is 0 Å². The molecule has 2 atom stereocenters. The number of rotatable bonds is 0. The van der Waals surface area contributed by atoms with Crippen molar-refractivity contribution < 1.29 is 14.4 Å². The van der Waals surface area contributed by atoms with Gasteiger partial charge in [-0.25, -0.2) is 0 Å². The van der Waals surface area contributed by atoms with Crippen molar-refractivity contribution in [2.24, 2.45) is 11.1 Å². The average molecular weight is 155 g/mol. The van der Waals surface area contributed by atoms with E-state index in [1.807, 2.05) is 0 Å². The highest BCUT2D eigenvalue weighted by Crippen LogP contribution is 2.26. The summed E-state index contributed by atoms with van der Waals surface area (Å²) in [5.41, 5.74) is 0.736. The number of cyclic esters (lactones) is 1. The molecule has 1 fully saturated rings. The molecule has 0 saturated carbocycles. The molecule has 0 aromatic rings. The van der Waals surface area contributed by atoms with Crippen molar-refractivity contribution in [3.05, 3.63) is 0 Å². The molecule has 60 valence electrons. The van der Waals surface area contributed by atoms with Crippen molar-refractivity contribution in [1.29, 1.82) is 0 Å². The van der Waals surface area contributed by atoms with Crippen LogP contribution in [-0.4, -0.2) is 24.4 Å². The minimum Gasteiger partial charge on any atom is -0.465 e. The molecular formula is C7H9NO3. The molecular weight excluding hydrogens is 146 g/mol. The fourth-order valence-corrected chi connectivity index (χ4v) is 1.44. The molecule has 0 aromatic heterocycles. The van der Waals surface area contributed by atoms with Crippen LogP contribution in [0.15, 0.2) is 5.16 Å². The third kappa shape index (κ3) is 0.895. The first-order valence-electron chi connectivity index (χ1n) is 3.66. The predicted octanol–water partition coefficient (Wildman–Crippen LogP) is 0.324. The van der Waals surface area contributed by atoms with Gasteiger partial charge in [-0.15, -0.1) is 0 Å². The van der Waals surface area contributed by atoms with E-state index >= 15 is 0 Å². The van der Waals surface area contributed by atoms with Gasteiger partial charge in [0.05, 0.1) is 12.3 Å². The number of hydrogen-bond donors (Lipinski definition) is 0. The second-order valence-corrected chi connectivity index (χ2v) is 2.81. The zero-order valence-electron chi connectivity index (χ0n) is 6.24. The van der Waals surface area contributed by atoms with Crippen LogP contribution in [0.4, 0.5) is 0 Å². The summed E-state index contributed by atoms with van der Waals surface area (Å²) in [7, 11) is 0. The smallest absolute Gasteiger partial charge is 0.318 e. The van der Waals surface area contributed by atoms with Crippen LogP contribution in [0.2, 0.25) is 0 Å². The first-order chi connectivity index (χ1) is 5.29. The maximum atomic E-state index is 11.1. The van der Waals surface area contributed by atoms with E-state index < -0.39 is 0 Å². The minimum atomic E-state index is -0.233. The van der Waals surface area contributed by atoms with Crippen LogP contribution >= 0.6 is 0 Å². The van der Waals surface area contributed by atoms with Crippen LogP contribution in [0, 0.1) is 5.92 Å². The average Bonchev–Trinajstić information content (AvgIpc) is 2.34. The Morgan fingerprint density at radius 1 is 1.64 bits per heavy atom. The molecule has 1 saturated heterocycles. The lowest BCUT2D eigenvalue weighted by Gasteiger charge is -2.21. The number of esters is 1. The molecule has 2 aliphatic rings. The molecule has 2 rings (SSSR count). The molecule has 4 nitrogen and oxygen atoms in total. The number of oxime groups is 1. The zero-order valence-corrected chi connectivity index (χ0v) is 6.24. The first kappa shape index (κ1) is 6.64. The second-order valence-electron chi connectivity index (χ2n) is 2.81. The molecule has 0 aromatic carbocycles. The van der Waals surface area contributed by atoms with E-state index in [-0.39, 0.29) is 18.0 Å². The number of nitrogens with zero attached hydrogens (tertiary/aromatic N) is 1. The Balaban J connectivity index is 2.21. The van der Waals surface area contributed by atoms with Crippen LogP contribution < -0.4 is 0 Å². The van der Waals surface area contributed by atoms with Crippen molar-refractivity contribution in [3.63, 3.8) is 0 Å². The Kier molecular flexibility index (Phi) is 1.34. The number of fused-ring (bicyclic) bond motifs is 1. The third-order valence-electron chi connectivity index (χ3n) is 2.05. The number of carbonyl (C=O) groups excluding carboxylic acids is 1. The molecule has 2 heterocycles. The molecule has 4 heteroatoms. The van der Waals surface area contributed by atoms with Gasteiger partial charge in [0, 0.05) is 6.42 Å². The fraction of sp³-hybridized carbons (Fsp3) is 0.714. The maximum absolute atomic E-state index is 11.1. The predicted molar refractivity (Wildman–Crippen MR) is 37.0 cm³/mol. The van der Waals surface area contributed by atoms with E-state index in [4.69, 9.17) is 9.57 Å². The lowest BCUT2D eigenvalue weighted by Crippen LogP contribution is -2.37. The van der Waals surface area contributed by atoms with Crippen molar-refractivity contribution in [3.8, 4) is 0 Å². The van der Waals surface area contributed by atoms with Gasteiger partial charge in [0.25, 0.3) is 0 Å². The zero-order chi connectivity index (χ0) is 7.84. The SMILES string of the molecule is CC1=NO[C@@H]2CCOC(=O)[C@H]12. The normalized spacial score (nSPS) is 35.4. The lowest BCUT2D eigenvalue weighted by atomic mass is 9.95. The van der Waals surface area contributed by atoms with E-state index in [1.54, 1.807) is 6.92 Å². The van der Waals surface area contributed by atoms with E-state index in [9.17, 15) is 4.79 Å². The molecule has 0 radical (unpaired) electrons. The Labute approximate surface area is 64.2 Å². The van der Waals surface area contributed by atoms with Crippen LogP contribution in [0.1, 0.15) is 13.3 Å². The largest absolute Gasteiger partial charge is 0.465 e. The van der Waals surface area contributed by atoms with Crippen LogP contribution in [0.25, 0.3) is 0 Å². The van der Waals surface area contributed by atoms with Gasteiger partial charge in [-0.1, -0.05) is 5.16 Å². The molecule has 0 spiro atoms. The van der Waals surface area contributed by atoms with E-state index in [1.165, 1.54) is 0 Å². The van der Waals surface area contributed by atoms with Gasteiger partial charge >= 0.3 is 5.97 Å². The summed E-state index contributed by atoms with van der Waals surface area (Å²) in [4.78, 5) is 16.1. The number of ether oxygens (including phenoxy) is 1. The summed E-state index contributed by atoms with van der Waals surface area (Å²) in [5.74, 6) is -0.427. The van der Waals surface area contributed by atoms with E-state index in [2.05, 4.69) is 5.16 Å². The van der Waals surface area contributed by atoms with Crippen molar-refractivity contribution in [2.45, 2.75) is 19.4 Å². The molecule has 0 bridgehead atoms. The van der Waals surface area contributed by atoms with Crippen LogP contribution in [0.5, 0.6) is 0 Å². The Morgan fingerprint density at radius 3 is 3.18 bits per heavy atom. The summed E-state index contributed by atoms with van der Waals surface area (Å²) in [6, 6.07) is 0. The van der Waals surface area contributed by atoms with Gasteiger partial charge in [-0.05, 0) is 6.92 Å². The molecule has 0 amide bonds. The quantitative estimate of drug-likeness (QED) is 0.473. The van der Waals surface area contributed by atoms with Gasteiger partial charge in [0.15, 0.2) is 0 Å². The van der Waals surface area contributed by atoms with E-state index in [0.717, 1.165) is 12.1 Å². The number of hydrogen-bond acceptors (Lipinski definition) is 4. The van der Waals surface area contributed by atoms with Crippen molar-refractivity contribution >= 4 is 11.7 Å². The van der Waals surface area contributed by atoms with Gasteiger partial charge in [-0.3, -0.25) is 4.79 Å². The Morgan fingerprint density at radius 2 is 2.45 bits per heavy atom. The van der Waals surface area contributed by atoms with Gasteiger partial charge in [0.2, 0.25) is 0 Å². The van der Waals surface area contributed by atoms with Crippen molar-refractivity contribution in [1.82, 2.24) is 0 Å². The Bertz CT molecular complexity index is 224. The first-order valence-corrected chi connectivity index (χ1v) is 3.66. The summed E-state index contributed by atoms with van der Waals surface area (Å²) >= 11 is 0. The summed E-state index contributed by atoms with van der Waals surface area (Å²) in [5, 5.41) is 3.75. The topological polar surface area (TPSA) is 47.9 Å². The van der Waals surface area contributed by atoms with Gasteiger partial charge in [0.1, 0.15) is 12.0 Å². The van der Waals surface area contributed by atoms with Crippen molar-refractivity contribution in [2.75, 3.05) is 6.61 Å². The second kappa shape index (κ2) is 2.22. The molecule has 0 N–H and O–H groups in total. The maximum Gasteiger partial charge on any atom is 0.318 e. The molecule has 2 aliphatic heterocycles. The standard InChI is InChI=1S/C7H9NO3/c1-4-6-5(11-8-4)2-3-10-7(6)9/h5-6H,2-3H2,1H3/t5-,6-/m1/s1. The van der Waals surface area contributed by atoms with Gasteiger partial charge < -0.3 is 9.57 Å². The highest BCUT2D eigenvalue weighted by Gasteiger charge is 2.41. The fourth-order valence-electron chi connectivity index (χ4n) is 1.44. The molecule has 11 heavy (non-hydrogen) atoms. The minimum absolute atomic E-state index is 0.0590. The lowest BCUT2D eigenvalue weighted by molar-refractivity contribution is -0.156. The summed E-state index contributed by atoms with van der Waals surface area (Å²) in [6.07, 6.45) is 0.702.